The molecule has 0 saturated heterocycles. The first kappa shape index (κ1) is 21.0. The summed E-state index contributed by atoms with van der Waals surface area (Å²) in [6.45, 7) is 0.352. The van der Waals surface area contributed by atoms with Crippen LogP contribution < -0.4 is 9.47 Å². The molecule has 31 heavy (non-hydrogen) atoms. The zero-order valence-corrected chi connectivity index (χ0v) is 17.4. The lowest BCUT2D eigenvalue weighted by atomic mass is 10.2. The van der Waals surface area contributed by atoms with E-state index in [-0.39, 0.29) is 12.4 Å². The molecular formula is C22H15Cl2FN2O4. The smallest absolute Gasteiger partial charge is 0.488 e. The number of rotatable bonds is 6. The number of ether oxygens (including phenoxy) is 2. The van der Waals surface area contributed by atoms with Crippen molar-refractivity contribution in [1.82, 2.24) is 9.55 Å². The second kappa shape index (κ2) is 8.83. The van der Waals surface area contributed by atoms with E-state index in [0.29, 0.717) is 38.9 Å². The van der Waals surface area contributed by atoms with Gasteiger partial charge in [-0.3, -0.25) is 0 Å². The van der Waals surface area contributed by atoms with Crippen LogP contribution in [0.2, 0.25) is 10.0 Å². The summed E-state index contributed by atoms with van der Waals surface area (Å²) in [5.41, 5.74) is 2.20. The molecule has 9 heteroatoms. The van der Waals surface area contributed by atoms with Gasteiger partial charge < -0.3 is 19.1 Å². The van der Waals surface area contributed by atoms with Crippen molar-refractivity contribution in [2.45, 2.75) is 13.2 Å². The Morgan fingerprint density at radius 3 is 2.58 bits per heavy atom. The fourth-order valence-corrected chi connectivity index (χ4v) is 3.51. The van der Waals surface area contributed by atoms with E-state index < -0.39 is 12.0 Å². The molecule has 0 fully saturated rings. The molecule has 1 heterocycles. The van der Waals surface area contributed by atoms with Crippen LogP contribution in [0.4, 0.5) is 9.18 Å². The van der Waals surface area contributed by atoms with Crippen molar-refractivity contribution in [1.29, 1.82) is 0 Å². The van der Waals surface area contributed by atoms with E-state index >= 15 is 0 Å². The van der Waals surface area contributed by atoms with Crippen molar-refractivity contribution >= 4 is 40.4 Å². The minimum absolute atomic E-state index is 0.0128. The minimum Gasteiger partial charge on any atom is -0.488 e. The maximum absolute atomic E-state index is 14.1. The molecule has 0 unspecified atom stereocenters. The van der Waals surface area contributed by atoms with Crippen LogP contribution in [-0.4, -0.2) is 20.8 Å². The Balaban J connectivity index is 1.62. The summed E-state index contributed by atoms with van der Waals surface area (Å²) < 4.78 is 26.5. The van der Waals surface area contributed by atoms with Gasteiger partial charge in [-0.2, -0.15) is 0 Å². The average Bonchev–Trinajstić information content (AvgIpc) is 3.12. The Bertz CT molecular complexity index is 1280. The maximum atomic E-state index is 14.1. The molecule has 0 atom stereocenters. The number of carbonyl (C=O) groups is 1. The lowest BCUT2D eigenvalue weighted by Crippen LogP contribution is -2.05. The lowest BCUT2D eigenvalue weighted by Gasteiger charge is -2.14. The molecule has 6 nitrogen and oxygen atoms in total. The van der Waals surface area contributed by atoms with Crippen molar-refractivity contribution in [3.63, 3.8) is 0 Å². The second-order valence-corrected chi connectivity index (χ2v) is 7.51. The number of hydrogen-bond donors (Lipinski definition) is 1. The first-order valence-corrected chi connectivity index (χ1v) is 9.86. The molecule has 1 aromatic heterocycles. The Hall–Kier alpha value is -3.29. The van der Waals surface area contributed by atoms with Gasteiger partial charge >= 0.3 is 6.16 Å². The first-order valence-electron chi connectivity index (χ1n) is 9.10. The van der Waals surface area contributed by atoms with Gasteiger partial charge in [-0.1, -0.05) is 35.3 Å². The van der Waals surface area contributed by atoms with Crippen LogP contribution in [0, 0.1) is 5.82 Å². The van der Waals surface area contributed by atoms with Crippen molar-refractivity contribution in [3.8, 4) is 11.5 Å². The van der Waals surface area contributed by atoms with E-state index in [2.05, 4.69) is 4.98 Å². The van der Waals surface area contributed by atoms with Gasteiger partial charge in [0.15, 0.2) is 5.75 Å². The highest BCUT2D eigenvalue weighted by Crippen LogP contribution is 2.29. The van der Waals surface area contributed by atoms with E-state index in [1.54, 1.807) is 48.8 Å². The standard InChI is InChI=1S/C22H15Cl2FN2O4/c23-15-6-7-19(30-11-13-4-5-16(24)9-17(13)25)14(8-15)10-27-12-26-21-18(27)2-1-3-20(21)31-22(28)29/h1-9,12H,10-11H2,(H,28,29). The summed E-state index contributed by atoms with van der Waals surface area (Å²) in [4.78, 5) is 15.2. The fourth-order valence-electron chi connectivity index (χ4n) is 3.15. The molecule has 4 aromatic rings. The maximum Gasteiger partial charge on any atom is 0.511 e. The summed E-state index contributed by atoms with van der Waals surface area (Å²) in [5, 5.41) is 9.73. The molecule has 0 saturated carbocycles. The number of fused-ring (bicyclic) bond motifs is 1. The Morgan fingerprint density at radius 1 is 1.03 bits per heavy atom. The number of aromatic nitrogens is 2. The molecule has 0 amide bonds. The average molecular weight is 461 g/mol. The van der Waals surface area contributed by atoms with Crippen molar-refractivity contribution in [2.75, 3.05) is 0 Å². The zero-order valence-electron chi connectivity index (χ0n) is 15.9. The molecule has 158 valence electrons. The number of imidazole rings is 1. The zero-order chi connectivity index (χ0) is 22.0. The number of hydrogen-bond acceptors (Lipinski definition) is 4. The molecule has 0 spiro atoms. The van der Waals surface area contributed by atoms with E-state index in [1.165, 1.54) is 12.1 Å². The van der Waals surface area contributed by atoms with Gasteiger partial charge in [0.05, 0.1) is 18.4 Å². The van der Waals surface area contributed by atoms with E-state index in [4.69, 9.17) is 37.8 Å². The van der Waals surface area contributed by atoms with Crippen molar-refractivity contribution in [2.24, 2.45) is 0 Å². The summed E-state index contributed by atoms with van der Waals surface area (Å²) in [6, 6.07) is 14.6. The third-order valence-corrected chi connectivity index (χ3v) is 5.04. The van der Waals surface area contributed by atoms with Gasteiger partial charge in [-0.05, 0) is 42.5 Å². The molecule has 0 aliphatic carbocycles. The summed E-state index contributed by atoms with van der Waals surface area (Å²) in [6.07, 6.45) is 0.158. The third-order valence-electron chi connectivity index (χ3n) is 4.57. The van der Waals surface area contributed by atoms with Crippen molar-refractivity contribution < 1.29 is 23.8 Å². The monoisotopic (exact) mass is 460 g/mol. The summed E-state index contributed by atoms with van der Waals surface area (Å²) >= 11 is 12.0. The predicted octanol–water partition coefficient (Wildman–Crippen LogP) is 6.17. The third kappa shape index (κ3) is 4.73. The van der Waals surface area contributed by atoms with Gasteiger partial charge in [0, 0.05) is 21.2 Å². The molecule has 0 bridgehead atoms. The highest BCUT2D eigenvalue weighted by molar-refractivity contribution is 6.30. The molecule has 0 aliphatic heterocycles. The highest BCUT2D eigenvalue weighted by Gasteiger charge is 2.14. The molecule has 4 rings (SSSR count). The SMILES string of the molecule is O=C(O)Oc1cccc2c1ncn2Cc1cc(Cl)ccc1OCc1ccc(Cl)cc1F. The number of para-hydroxylation sites is 1. The van der Waals surface area contributed by atoms with Gasteiger partial charge in [0.25, 0.3) is 0 Å². The largest absolute Gasteiger partial charge is 0.511 e. The van der Waals surface area contributed by atoms with Crippen LogP contribution in [0.5, 0.6) is 11.5 Å². The molecule has 1 N–H and O–H groups in total. The van der Waals surface area contributed by atoms with Crippen LogP contribution in [0.1, 0.15) is 11.1 Å². The summed E-state index contributed by atoms with van der Waals surface area (Å²) in [5.74, 6) is 0.220. The summed E-state index contributed by atoms with van der Waals surface area (Å²) in [7, 11) is 0. The Kier molecular flexibility index (Phi) is 5.97. The van der Waals surface area contributed by atoms with Gasteiger partial charge in [-0.25, -0.2) is 14.2 Å². The lowest BCUT2D eigenvalue weighted by molar-refractivity contribution is 0.145. The molecular weight excluding hydrogens is 446 g/mol. The van der Waals surface area contributed by atoms with Crippen molar-refractivity contribution in [3.05, 3.63) is 87.9 Å². The predicted molar refractivity (Wildman–Crippen MR) is 115 cm³/mol. The highest BCUT2D eigenvalue weighted by atomic mass is 35.5. The molecule has 0 aliphatic rings. The fraction of sp³-hybridized carbons (Fsp3) is 0.0909. The van der Waals surface area contributed by atoms with E-state index in [0.717, 1.165) is 5.56 Å². The van der Waals surface area contributed by atoms with Crippen LogP contribution in [0.25, 0.3) is 11.0 Å². The Morgan fingerprint density at radius 2 is 1.81 bits per heavy atom. The topological polar surface area (TPSA) is 73.6 Å². The van der Waals surface area contributed by atoms with Gasteiger partial charge in [0.2, 0.25) is 0 Å². The number of benzene rings is 3. The normalized spacial score (nSPS) is 10.9. The van der Waals surface area contributed by atoms with Crippen LogP contribution in [-0.2, 0) is 13.2 Å². The Labute approximate surface area is 186 Å². The van der Waals surface area contributed by atoms with Gasteiger partial charge in [-0.15, -0.1) is 0 Å². The van der Waals surface area contributed by atoms with Crippen LogP contribution in [0.3, 0.4) is 0 Å². The first-order chi connectivity index (χ1) is 14.9. The van der Waals surface area contributed by atoms with Crippen LogP contribution >= 0.6 is 23.2 Å². The number of halogens is 3. The van der Waals surface area contributed by atoms with E-state index in [9.17, 15) is 9.18 Å². The minimum atomic E-state index is -1.41. The number of nitrogens with zero attached hydrogens (tertiary/aromatic N) is 2. The van der Waals surface area contributed by atoms with E-state index in [1.807, 2.05) is 4.57 Å². The second-order valence-electron chi connectivity index (χ2n) is 6.64. The molecule has 3 aromatic carbocycles. The van der Waals surface area contributed by atoms with Gasteiger partial charge in [0.1, 0.15) is 23.7 Å². The van der Waals surface area contributed by atoms with Crippen LogP contribution in [0.15, 0.2) is 60.9 Å². The quantitative estimate of drug-likeness (QED) is 0.275. The molecule has 0 radical (unpaired) electrons. The number of carboxylic acid groups (broad SMARTS) is 1.